The smallest absolute Gasteiger partial charge is 0.265 e. The fraction of sp³-hybridized carbons (Fsp3) is 0.391. The molecule has 0 radical (unpaired) electrons. The molecule has 6 heteroatoms. The maximum atomic E-state index is 13.0. The van der Waals surface area contributed by atoms with Gasteiger partial charge >= 0.3 is 0 Å². The van der Waals surface area contributed by atoms with Crippen molar-refractivity contribution in [2.75, 3.05) is 24.6 Å². The topological polar surface area (TPSA) is 67.9 Å². The van der Waals surface area contributed by atoms with Crippen LogP contribution in [0.3, 0.4) is 0 Å². The van der Waals surface area contributed by atoms with Crippen LogP contribution in [-0.4, -0.2) is 37.6 Å². The van der Waals surface area contributed by atoms with E-state index in [-0.39, 0.29) is 25.0 Å². The Hall–Kier alpha value is -3.02. The minimum absolute atomic E-state index is 0.0869. The number of nitrogens with zero attached hydrogens (tertiary/aromatic N) is 1. The molecule has 29 heavy (non-hydrogen) atoms. The Balaban J connectivity index is 1.46. The maximum Gasteiger partial charge on any atom is 0.265 e. The number of para-hydroxylation sites is 2. The van der Waals surface area contributed by atoms with Gasteiger partial charge in [0.25, 0.3) is 11.8 Å². The number of fused-ring (bicyclic) bond motifs is 2. The molecule has 2 aliphatic rings. The van der Waals surface area contributed by atoms with Gasteiger partial charge in [0, 0.05) is 6.54 Å². The summed E-state index contributed by atoms with van der Waals surface area (Å²) in [5.74, 6) is 0.826. The van der Waals surface area contributed by atoms with E-state index in [1.54, 1.807) is 11.0 Å². The monoisotopic (exact) mass is 394 g/mol. The number of carbonyl (C=O) groups excluding carboxylic acids is 2. The van der Waals surface area contributed by atoms with Crippen LogP contribution in [0.2, 0.25) is 0 Å². The van der Waals surface area contributed by atoms with Gasteiger partial charge in [0.05, 0.1) is 12.2 Å². The number of nitrogens with one attached hydrogen (secondary N) is 1. The lowest BCUT2D eigenvalue weighted by atomic mass is 10.1. The molecule has 1 N–H and O–H groups in total. The summed E-state index contributed by atoms with van der Waals surface area (Å²) in [6, 6.07) is 13.3. The number of anilines is 1. The lowest BCUT2D eigenvalue weighted by Gasteiger charge is -2.34. The minimum Gasteiger partial charge on any atom is -0.484 e. The Kier molecular flexibility index (Phi) is 5.69. The number of carbonyl (C=O) groups is 2. The van der Waals surface area contributed by atoms with Crippen molar-refractivity contribution in [1.82, 2.24) is 5.32 Å². The third kappa shape index (κ3) is 4.21. The molecule has 4 rings (SSSR count). The van der Waals surface area contributed by atoms with Crippen LogP contribution in [0.4, 0.5) is 5.69 Å². The Morgan fingerprint density at radius 2 is 2.00 bits per heavy atom. The van der Waals surface area contributed by atoms with Gasteiger partial charge in [0.2, 0.25) is 0 Å². The van der Waals surface area contributed by atoms with E-state index >= 15 is 0 Å². The molecule has 0 spiro atoms. The number of hydrogen-bond donors (Lipinski definition) is 1. The molecule has 1 heterocycles. The zero-order chi connectivity index (χ0) is 20.2. The van der Waals surface area contributed by atoms with Crippen LogP contribution in [-0.2, 0) is 22.4 Å². The summed E-state index contributed by atoms with van der Waals surface area (Å²) >= 11 is 0. The van der Waals surface area contributed by atoms with E-state index in [4.69, 9.17) is 9.47 Å². The third-order valence-corrected chi connectivity index (χ3v) is 5.35. The van der Waals surface area contributed by atoms with Crippen LogP contribution in [0.25, 0.3) is 0 Å². The molecule has 1 aliphatic heterocycles. The second-order valence-electron chi connectivity index (χ2n) is 7.44. The van der Waals surface area contributed by atoms with Crippen LogP contribution in [0.1, 0.15) is 30.9 Å². The molecule has 0 saturated heterocycles. The molecule has 0 unspecified atom stereocenters. The van der Waals surface area contributed by atoms with Crippen LogP contribution >= 0.6 is 0 Å². The highest BCUT2D eigenvalue weighted by Gasteiger charge is 2.33. The maximum absolute atomic E-state index is 13.0. The number of ether oxygens (including phenoxy) is 2. The first kappa shape index (κ1) is 19.3. The molecular weight excluding hydrogens is 368 g/mol. The van der Waals surface area contributed by atoms with Crippen LogP contribution in [0.5, 0.6) is 11.5 Å². The Labute approximate surface area is 170 Å². The van der Waals surface area contributed by atoms with E-state index < -0.39 is 6.10 Å². The predicted molar refractivity (Wildman–Crippen MR) is 110 cm³/mol. The van der Waals surface area contributed by atoms with Gasteiger partial charge in [-0.25, -0.2) is 0 Å². The molecule has 1 aliphatic carbocycles. The van der Waals surface area contributed by atoms with Gasteiger partial charge in [0.15, 0.2) is 12.7 Å². The molecule has 0 saturated carbocycles. The molecule has 2 aromatic carbocycles. The quantitative estimate of drug-likeness (QED) is 0.818. The molecule has 0 fully saturated rings. The standard InChI is InChI=1S/C23H26N2O4/c1-2-12-24-23(27)21-14-25(19-8-3-4-9-20(19)29-21)22(26)15-28-18-11-10-16-6-5-7-17(16)13-18/h3-4,8-11,13,21H,2,5-7,12,14-15H2,1H3,(H,24,27)/t21-/m1/s1. The van der Waals surface area contributed by atoms with Crippen LogP contribution in [0, 0.1) is 0 Å². The number of rotatable bonds is 6. The van der Waals surface area contributed by atoms with E-state index in [1.165, 1.54) is 17.5 Å². The van der Waals surface area contributed by atoms with Gasteiger partial charge in [-0.3, -0.25) is 9.59 Å². The Morgan fingerprint density at radius 3 is 2.86 bits per heavy atom. The molecule has 152 valence electrons. The van der Waals surface area contributed by atoms with E-state index in [2.05, 4.69) is 11.4 Å². The molecule has 2 amide bonds. The highest BCUT2D eigenvalue weighted by molar-refractivity contribution is 5.98. The van der Waals surface area contributed by atoms with Crippen molar-refractivity contribution in [2.45, 2.75) is 38.7 Å². The summed E-state index contributed by atoms with van der Waals surface area (Å²) in [6.07, 6.45) is 3.45. The Morgan fingerprint density at radius 1 is 1.17 bits per heavy atom. The van der Waals surface area contributed by atoms with Gasteiger partial charge in [-0.15, -0.1) is 0 Å². The lowest BCUT2D eigenvalue weighted by Crippen LogP contribution is -2.51. The van der Waals surface area contributed by atoms with E-state index in [0.29, 0.717) is 23.7 Å². The average Bonchev–Trinajstić information content (AvgIpc) is 3.22. The second-order valence-corrected chi connectivity index (χ2v) is 7.44. The van der Waals surface area contributed by atoms with Crippen LogP contribution < -0.4 is 19.7 Å². The summed E-state index contributed by atoms with van der Waals surface area (Å²) in [5.41, 5.74) is 3.33. The lowest BCUT2D eigenvalue weighted by molar-refractivity contribution is -0.128. The fourth-order valence-corrected chi connectivity index (χ4v) is 3.83. The average molecular weight is 394 g/mol. The van der Waals surface area contributed by atoms with E-state index in [0.717, 1.165) is 19.3 Å². The van der Waals surface area contributed by atoms with Crippen molar-refractivity contribution in [3.05, 3.63) is 53.6 Å². The molecule has 2 aromatic rings. The largest absolute Gasteiger partial charge is 0.484 e. The Bertz CT molecular complexity index is 912. The molecular formula is C23H26N2O4. The molecule has 1 atom stereocenters. The van der Waals surface area contributed by atoms with Gasteiger partial charge < -0.3 is 19.7 Å². The number of aryl methyl sites for hydroxylation is 2. The normalized spacial score (nSPS) is 17.1. The van der Waals surface area contributed by atoms with Crippen LogP contribution in [0.15, 0.2) is 42.5 Å². The summed E-state index contributed by atoms with van der Waals surface area (Å²) in [5, 5.41) is 2.84. The van der Waals surface area contributed by atoms with E-state index in [1.807, 2.05) is 37.3 Å². The second kappa shape index (κ2) is 8.55. The first-order chi connectivity index (χ1) is 14.2. The van der Waals surface area contributed by atoms with Crippen molar-refractivity contribution in [3.8, 4) is 11.5 Å². The highest BCUT2D eigenvalue weighted by Crippen LogP contribution is 2.33. The van der Waals surface area contributed by atoms with Crippen molar-refractivity contribution in [3.63, 3.8) is 0 Å². The minimum atomic E-state index is -0.736. The fourth-order valence-electron chi connectivity index (χ4n) is 3.83. The first-order valence-electron chi connectivity index (χ1n) is 10.2. The summed E-state index contributed by atoms with van der Waals surface area (Å²) in [7, 11) is 0. The van der Waals surface area contributed by atoms with Gasteiger partial charge in [-0.1, -0.05) is 25.1 Å². The molecule has 0 bridgehead atoms. The van der Waals surface area contributed by atoms with Crippen molar-refractivity contribution >= 4 is 17.5 Å². The molecule has 6 nitrogen and oxygen atoms in total. The summed E-state index contributed by atoms with van der Waals surface area (Å²) in [6.45, 7) is 2.65. The summed E-state index contributed by atoms with van der Waals surface area (Å²) in [4.78, 5) is 27.0. The number of amides is 2. The zero-order valence-electron chi connectivity index (χ0n) is 16.6. The first-order valence-corrected chi connectivity index (χ1v) is 10.2. The van der Waals surface area contributed by atoms with Crippen molar-refractivity contribution in [2.24, 2.45) is 0 Å². The predicted octanol–water partition coefficient (Wildman–Crippen LogP) is 2.87. The highest BCUT2D eigenvalue weighted by atomic mass is 16.5. The van der Waals surface area contributed by atoms with Crippen molar-refractivity contribution in [1.29, 1.82) is 0 Å². The molecule has 0 aromatic heterocycles. The number of benzene rings is 2. The third-order valence-electron chi connectivity index (χ3n) is 5.35. The number of hydrogen-bond acceptors (Lipinski definition) is 4. The van der Waals surface area contributed by atoms with E-state index in [9.17, 15) is 9.59 Å². The van der Waals surface area contributed by atoms with Gasteiger partial charge in [0.1, 0.15) is 11.5 Å². The van der Waals surface area contributed by atoms with Gasteiger partial charge in [-0.2, -0.15) is 0 Å². The van der Waals surface area contributed by atoms with Gasteiger partial charge in [-0.05, 0) is 61.1 Å². The SMILES string of the molecule is CCCNC(=O)[C@H]1CN(C(=O)COc2ccc3c(c2)CCC3)c2ccccc2O1. The zero-order valence-corrected chi connectivity index (χ0v) is 16.6. The van der Waals surface area contributed by atoms with Crippen molar-refractivity contribution < 1.29 is 19.1 Å². The summed E-state index contributed by atoms with van der Waals surface area (Å²) < 4.78 is 11.6.